The highest BCUT2D eigenvalue weighted by molar-refractivity contribution is 6.46. The number of carbonyl (C=O) groups excluding carboxylic acids is 5. The molecule has 1 saturated heterocycles. The van der Waals surface area contributed by atoms with Crippen LogP contribution in [-0.4, -0.2) is 88.6 Å². The number of carbonyl (C=O) groups is 5. The Labute approximate surface area is 435 Å². The van der Waals surface area contributed by atoms with Gasteiger partial charge in [0.25, 0.3) is 23.5 Å². The van der Waals surface area contributed by atoms with Crippen molar-refractivity contribution in [2.24, 2.45) is 5.16 Å². The Morgan fingerprint density at radius 3 is 2.19 bits per heavy atom. The van der Waals surface area contributed by atoms with Crippen LogP contribution in [0.2, 0.25) is 5.02 Å². The van der Waals surface area contributed by atoms with Crippen molar-refractivity contribution >= 4 is 46.8 Å². The molecule has 3 heterocycles. The van der Waals surface area contributed by atoms with E-state index in [1.54, 1.807) is 85.8 Å². The lowest BCUT2D eigenvalue weighted by molar-refractivity contribution is -0.137. The van der Waals surface area contributed by atoms with Crippen molar-refractivity contribution in [3.8, 4) is 28.0 Å². The third-order valence-electron chi connectivity index (χ3n) is 14.0. The first-order valence-electron chi connectivity index (χ1n) is 24.8. The number of amides is 3. The normalized spacial score (nSPS) is 18.3. The first-order chi connectivity index (χ1) is 36.1. The molecule has 4 aliphatic rings. The minimum atomic E-state index is -1.28. The monoisotopic (exact) mass is 1040 g/mol. The zero-order chi connectivity index (χ0) is 52.7. The Balaban J connectivity index is 0.888. The molecular weight excluding hydrogens is 986 g/mol. The topological polar surface area (TPSA) is 173 Å². The number of esters is 1. The van der Waals surface area contributed by atoms with E-state index in [0.717, 1.165) is 24.0 Å². The molecule has 0 aromatic heterocycles. The van der Waals surface area contributed by atoms with Gasteiger partial charge in [-0.05, 0) is 152 Å². The SMILES string of the molecule is CCOC(=O)C(=O)c1ccc(-c2ccc(F)cc2)cc1C(C)ON1C(=O)c2cccc(C3CCN(C[C@@H](NC(=O)C4=NOC(C)c5cc(-c6ccc(F)cc6)ccc54)[C@H](O)c4ccc(OC5CC5)c(Cl)c4)C3)c2C1=O. The number of rotatable bonds is 17. The van der Waals surface area contributed by atoms with Crippen molar-refractivity contribution in [1.29, 1.82) is 0 Å². The van der Waals surface area contributed by atoms with Gasteiger partial charge in [0, 0.05) is 29.8 Å². The number of Topliss-reactive ketones (excluding diaryl/α,β-unsaturated/α-hetero) is 1. The number of nitrogens with one attached hydrogen (secondary N) is 1. The molecule has 6 aromatic rings. The zero-order valence-corrected chi connectivity index (χ0v) is 41.8. The number of imide groups is 1. The van der Waals surface area contributed by atoms with E-state index in [4.69, 9.17) is 30.7 Å². The highest BCUT2D eigenvalue weighted by Crippen LogP contribution is 2.40. The zero-order valence-electron chi connectivity index (χ0n) is 41.1. The van der Waals surface area contributed by atoms with Gasteiger partial charge in [0.2, 0.25) is 0 Å². The van der Waals surface area contributed by atoms with Crippen LogP contribution in [0, 0.1) is 11.6 Å². The number of nitrogens with zero attached hydrogens (tertiary/aromatic N) is 3. The minimum Gasteiger partial charge on any atom is -0.489 e. The van der Waals surface area contributed by atoms with Crippen molar-refractivity contribution in [2.45, 2.75) is 76.4 Å². The molecule has 0 spiro atoms. The van der Waals surface area contributed by atoms with Crippen LogP contribution in [0.3, 0.4) is 0 Å². The second kappa shape index (κ2) is 21.3. The molecule has 3 unspecified atom stereocenters. The van der Waals surface area contributed by atoms with Crippen LogP contribution < -0.4 is 10.1 Å². The summed E-state index contributed by atoms with van der Waals surface area (Å²) < 4.78 is 38.6. The summed E-state index contributed by atoms with van der Waals surface area (Å²) in [7, 11) is 0. The number of aliphatic hydroxyl groups excluding tert-OH is 1. The number of ether oxygens (including phenoxy) is 2. The largest absolute Gasteiger partial charge is 0.489 e. The molecule has 75 heavy (non-hydrogen) atoms. The number of oxime groups is 1. The third kappa shape index (κ3) is 10.6. The van der Waals surface area contributed by atoms with Crippen LogP contribution in [0.15, 0.2) is 126 Å². The van der Waals surface area contributed by atoms with Crippen LogP contribution in [0.25, 0.3) is 22.3 Å². The molecule has 10 rings (SSSR count). The number of hydroxylamine groups is 2. The van der Waals surface area contributed by atoms with Gasteiger partial charge < -0.3 is 29.6 Å². The first kappa shape index (κ1) is 50.9. The molecule has 0 bridgehead atoms. The highest BCUT2D eigenvalue weighted by atomic mass is 35.5. The summed E-state index contributed by atoms with van der Waals surface area (Å²) in [5.74, 6) is -4.68. The number of benzene rings is 6. The second-order valence-corrected chi connectivity index (χ2v) is 19.5. The maximum Gasteiger partial charge on any atom is 0.379 e. The van der Waals surface area contributed by atoms with E-state index in [2.05, 4.69) is 15.4 Å². The number of aliphatic hydroxyl groups is 1. The van der Waals surface area contributed by atoms with Crippen molar-refractivity contribution in [2.75, 3.05) is 26.2 Å². The van der Waals surface area contributed by atoms with E-state index < -0.39 is 59.6 Å². The van der Waals surface area contributed by atoms with Gasteiger partial charge in [-0.1, -0.05) is 77.4 Å². The van der Waals surface area contributed by atoms with Gasteiger partial charge in [0.05, 0.1) is 34.9 Å². The maximum atomic E-state index is 14.4. The predicted molar refractivity (Wildman–Crippen MR) is 273 cm³/mol. The quantitative estimate of drug-likeness (QED) is 0.0385. The molecule has 1 aliphatic carbocycles. The van der Waals surface area contributed by atoms with Crippen LogP contribution in [0.1, 0.15) is 123 Å². The predicted octanol–water partition coefficient (Wildman–Crippen LogP) is 10.0. The Bertz CT molecular complexity index is 3280. The average Bonchev–Trinajstić information content (AvgIpc) is 4.07. The molecule has 3 amide bonds. The molecule has 17 heteroatoms. The fourth-order valence-electron chi connectivity index (χ4n) is 9.90. The third-order valence-corrected chi connectivity index (χ3v) is 14.3. The summed E-state index contributed by atoms with van der Waals surface area (Å²) in [6.07, 6.45) is -0.431. The van der Waals surface area contributed by atoms with E-state index in [0.29, 0.717) is 68.7 Å². The second-order valence-electron chi connectivity index (χ2n) is 19.1. The summed E-state index contributed by atoms with van der Waals surface area (Å²) in [6, 6.07) is 31.0. The van der Waals surface area contributed by atoms with Gasteiger partial charge in [0.1, 0.15) is 29.6 Å². The van der Waals surface area contributed by atoms with Gasteiger partial charge in [-0.15, -0.1) is 5.06 Å². The average molecular weight is 1040 g/mol. The van der Waals surface area contributed by atoms with E-state index >= 15 is 0 Å². The lowest BCUT2D eigenvalue weighted by atomic mass is 9.91. The molecule has 2 fully saturated rings. The molecular formula is C58H51ClF2N4O10. The van der Waals surface area contributed by atoms with Gasteiger partial charge in [-0.2, -0.15) is 0 Å². The van der Waals surface area contributed by atoms with E-state index in [-0.39, 0.29) is 59.0 Å². The summed E-state index contributed by atoms with van der Waals surface area (Å²) in [5.41, 5.74) is 5.39. The summed E-state index contributed by atoms with van der Waals surface area (Å²) in [6.45, 7) is 5.87. The van der Waals surface area contributed by atoms with Crippen LogP contribution in [0.5, 0.6) is 5.75 Å². The van der Waals surface area contributed by atoms with Crippen LogP contribution in [-0.2, 0) is 24.0 Å². The minimum absolute atomic E-state index is 0.00277. The number of hydrogen-bond acceptors (Lipinski definition) is 12. The molecule has 384 valence electrons. The molecule has 14 nitrogen and oxygen atoms in total. The van der Waals surface area contributed by atoms with Crippen LogP contribution >= 0.6 is 11.6 Å². The summed E-state index contributed by atoms with van der Waals surface area (Å²) >= 11 is 6.69. The van der Waals surface area contributed by atoms with Gasteiger partial charge >= 0.3 is 5.97 Å². The molecule has 0 radical (unpaired) electrons. The summed E-state index contributed by atoms with van der Waals surface area (Å²) in [5, 5.41) is 20.4. The van der Waals surface area contributed by atoms with E-state index in [1.165, 1.54) is 37.3 Å². The Morgan fingerprint density at radius 1 is 0.827 bits per heavy atom. The number of ketones is 1. The number of likely N-dealkylation sites (tertiary alicyclic amines) is 1. The Morgan fingerprint density at radius 2 is 1.51 bits per heavy atom. The van der Waals surface area contributed by atoms with Crippen molar-refractivity contribution in [1.82, 2.24) is 15.3 Å². The standard InChI is InChI=1S/C58H51ClF2N4O10/c1-4-72-58(71)54(67)44-22-13-36(34-10-17-40(61)18-11-34)27-47(44)32(3)75-65-56(69)45-7-5-6-42(51(45)57(65)70)38-24-25-64(29-38)30-49(53(66)37-14-23-50(48(59)28-37)73-41-19-20-41)62-55(68)52-43-21-12-35(26-46(43)31(2)74-63-52)33-8-15-39(60)16-9-33/h5-18,21-23,26-28,31-32,38,41,49,53,66H,4,19-20,24-25,29-30H2,1-3H3,(H,62,68)/t31?,32?,38?,49-,53-/m1/s1. The molecule has 3 aliphatic heterocycles. The van der Waals surface area contributed by atoms with Crippen molar-refractivity contribution in [3.63, 3.8) is 0 Å². The summed E-state index contributed by atoms with van der Waals surface area (Å²) in [4.78, 5) is 83.0. The Hall–Kier alpha value is -7.63. The van der Waals surface area contributed by atoms with Gasteiger partial charge in [-0.25, -0.2) is 13.6 Å². The van der Waals surface area contributed by atoms with Crippen molar-refractivity contribution in [3.05, 3.63) is 182 Å². The lowest BCUT2D eigenvalue weighted by Crippen LogP contribution is -2.49. The highest BCUT2D eigenvalue weighted by Gasteiger charge is 2.43. The maximum absolute atomic E-state index is 14.4. The van der Waals surface area contributed by atoms with E-state index in [1.807, 2.05) is 19.1 Å². The van der Waals surface area contributed by atoms with Crippen LogP contribution in [0.4, 0.5) is 8.78 Å². The van der Waals surface area contributed by atoms with Crippen molar-refractivity contribution < 1.29 is 57.0 Å². The van der Waals surface area contributed by atoms with Gasteiger partial charge in [-0.3, -0.25) is 24.0 Å². The van der Waals surface area contributed by atoms with E-state index in [9.17, 15) is 37.9 Å². The number of hydrogen-bond donors (Lipinski definition) is 2. The Kier molecular flexibility index (Phi) is 14.5. The fraction of sp³-hybridized carbons (Fsp3) is 0.276. The molecule has 6 aromatic carbocycles. The van der Waals surface area contributed by atoms with Gasteiger partial charge in [0.15, 0.2) is 11.8 Å². The first-order valence-corrected chi connectivity index (χ1v) is 25.1. The number of fused-ring (bicyclic) bond motifs is 2. The number of halogens is 3. The smallest absolute Gasteiger partial charge is 0.379 e. The molecule has 5 atom stereocenters. The molecule has 2 N–H and O–H groups in total. The fourth-order valence-corrected chi connectivity index (χ4v) is 10.1. The molecule has 1 saturated carbocycles. The lowest BCUT2D eigenvalue weighted by Gasteiger charge is -2.30.